The van der Waals surface area contributed by atoms with Crippen LogP contribution in [0.3, 0.4) is 0 Å². The van der Waals surface area contributed by atoms with E-state index in [1.165, 1.54) is 0 Å². The first-order chi connectivity index (χ1) is 10.2. The lowest BCUT2D eigenvalue weighted by molar-refractivity contribution is 0.0999. The van der Waals surface area contributed by atoms with Crippen molar-refractivity contribution in [2.75, 3.05) is 12.5 Å². The van der Waals surface area contributed by atoms with Gasteiger partial charge >= 0.3 is 0 Å². The summed E-state index contributed by atoms with van der Waals surface area (Å²) in [5, 5.41) is 0. The Morgan fingerprint density at radius 2 is 1.81 bits per heavy atom. The van der Waals surface area contributed by atoms with Gasteiger partial charge in [0, 0.05) is 22.9 Å². The molecule has 0 amide bonds. The molecular formula is C16H12N2O3. The lowest BCUT2D eigenvalue weighted by atomic mass is 9.95. The van der Waals surface area contributed by atoms with Gasteiger partial charge in [-0.3, -0.25) is 9.79 Å². The van der Waals surface area contributed by atoms with Crippen LogP contribution in [0.25, 0.3) is 0 Å². The second-order valence-electron chi connectivity index (χ2n) is 4.97. The Kier molecular flexibility index (Phi) is 2.47. The van der Waals surface area contributed by atoms with Crippen molar-refractivity contribution in [3.8, 4) is 11.5 Å². The number of para-hydroxylation sites is 1. The van der Waals surface area contributed by atoms with E-state index in [1.54, 1.807) is 18.2 Å². The Morgan fingerprint density at radius 3 is 2.62 bits per heavy atom. The predicted molar refractivity (Wildman–Crippen MR) is 78.6 cm³/mol. The van der Waals surface area contributed by atoms with Crippen molar-refractivity contribution in [1.29, 1.82) is 0 Å². The van der Waals surface area contributed by atoms with Crippen molar-refractivity contribution >= 4 is 22.9 Å². The van der Waals surface area contributed by atoms with Gasteiger partial charge in [-0.05, 0) is 12.1 Å². The molecule has 0 saturated heterocycles. The molecule has 5 heteroatoms. The fourth-order valence-electron chi connectivity index (χ4n) is 2.59. The minimum atomic E-state index is 0.0107. The van der Waals surface area contributed by atoms with Gasteiger partial charge in [-0.25, -0.2) is 0 Å². The summed E-state index contributed by atoms with van der Waals surface area (Å²) in [6.07, 6.45) is 0.237. The summed E-state index contributed by atoms with van der Waals surface area (Å²) in [4.78, 5) is 16.9. The third-order valence-corrected chi connectivity index (χ3v) is 3.65. The first kappa shape index (κ1) is 12.0. The third-order valence-electron chi connectivity index (χ3n) is 3.65. The summed E-state index contributed by atoms with van der Waals surface area (Å²) in [5.41, 5.74) is 9.25. The highest BCUT2D eigenvalue weighted by Gasteiger charge is 2.26. The number of carbonyl (C=O) groups is 1. The molecule has 5 nitrogen and oxygen atoms in total. The average molecular weight is 280 g/mol. The van der Waals surface area contributed by atoms with E-state index in [2.05, 4.69) is 4.99 Å². The quantitative estimate of drug-likeness (QED) is 0.815. The van der Waals surface area contributed by atoms with Gasteiger partial charge in [0.2, 0.25) is 6.79 Å². The van der Waals surface area contributed by atoms with E-state index in [4.69, 9.17) is 15.2 Å². The molecule has 2 aliphatic rings. The molecule has 0 aromatic heterocycles. The zero-order valence-corrected chi connectivity index (χ0v) is 11.1. The smallest absolute Gasteiger partial charge is 0.231 e. The number of nitrogens with two attached hydrogens (primary N) is 1. The number of nitrogen functional groups attached to an aromatic ring is 1. The Hall–Kier alpha value is -2.82. The molecule has 0 radical (unpaired) electrons. The third kappa shape index (κ3) is 1.86. The fourth-order valence-corrected chi connectivity index (χ4v) is 2.59. The summed E-state index contributed by atoms with van der Waals surface area (Å²) in [6.45, 7) is 0.175. The molecule has 2 aromatic carbocycles. The van der Waals surface area contributed by atoms with Gasteiger partial charge < -0.3 is 15.2 Å². The molecule has 2 aliphatic heterocycles. The highest BCUT2D eigenvalue weighted by Crippen LogP contribution is 2.40. The highest BCUT2D eigenvalue weighted by molar-refractivity contribution is 6.22. The van der Waals surface area contributed by atoms with Crippen LogP contribution in [0.2, 0.25) is 0 Å². The van der Waals surface area contributed by atoms with Crippen LogP contribution < -0.4 is 15.2 Å². The maximum Gasteiger partial charge on any atom is 0.231 e. The number of ether oxygens (including phenoxy) is 2. The van der Waals surface area contributed by atoms with E-state index in [9.17, 15) is 4.79 Å². The number of ketones is 1. The number of benzene rings is 2. The van der Waals surface area contributed by atoms with E-state index in [0.717, 1.165) is 5.56 Å². The first-order valence-corrected chi connectivity index (χ1v) is 6.61. The van der Waals surface area contributed by atoms with Gasteiger partial charge in [-0.15, -0.1) is 0 Å². The van der Waals surface area contributed by atoms with E-state index >= 15 is 0 Å². The number of aliphatic imine (C=N–C) groups is 1. The molecule has 21 heavy (non-hydrogen) atoms. The highest BCUT2D eigenvalue weighted by atomic mass is 16.7. The Morgan fingerprint density at radius 1 is 1.05 bits per heavy atom. The summed E-state index contributed by atoms with van der Waals surface area (Å²) in [7, 11) is 0. The molecule has 0 spiro atoms. The molecule has 0 fully saturated rings. The van der Waals surface area contributed by atoms with Crippen LogP contribution in [0.1, 0.15) is 22.3 Å². The van der Waals surface area contributed by atoms with Gasteiger partial charge in [-0.2, -0.15) is 0 Å². The zero-order chi connectivity index (χ0) is 14.4. The molecule has 0 atom stereocenters. The van der Waals surface area contributed by atoms with E-state index in [-0.39, 0.29) is 19.0 Å². The van der Waals surface area contributed by atoms with Crippen LogP contribution in [0.5, 0.6) is 11.5 Å². The standard InChI is InChI=1S/C16H12N2O3/c17-11-4-2-1-3-9(11)12-6-14(19)10-5-15-16(21-8-20-15)7-13(10)18-12/h1-5,7H,6,8,17H2. The van der Waals surface area contributed by atoms with Crippen molar-refractivity contribution in [1.82, 2.24) is 0 Å². The Labute approximate surface area is 121 Å². The number of hydrogen-bond donors (Lipinski definition) is 1. The maximum absolute atomic E-state index is 12.4. The molecule has 0 aliphatic carbocycles. The summed E-state index contributed by atoms with van der Waals surface area (Å²) in [6, 6.07) is 10.9. The second kappa shape index (κ2) is 4.34. The maximum atomic E-state index is 12.4. The number of anilines is 1. The lowest BCUT2D eigenvalue weighted by Crippen LogP contribution is -2.15. The average Bonchev–Trinajstić information content (AvgIpc) is 2.93. The van der Waals surface area contributed by atoms with Crippen LogP contribution in [-0.2, 0) is 0 Å². The normalized spacial score (nSPS) is 15.6. The minimum Gasteiger partial charge on any atom is -0.454 e. The van der Waals surface area contributed by atoms with Crippen LogP contribution in [0, 0.1) is 0 Å². The number of nitrogens with zero attached hydrogens (tertiary/aromatic N) is 1. The van der Waals surface area contributed by atoms with Crippen LogP contribution in [0.15, 0.2) is 41.4 Å². The Bertz CT molecular complexity index is 796. The van der Waals surface area contributed by atoms with Crippen molar-refractivity contribution in [3.63, 3.8) is 0 Å². The molecular weight excluding hydrogens is 268 g/mol. The van der Waals surface area contributed by atoms with Gasteiger partial charge in [0.15, 0.2) is 17.3 Å². The van der Waals surface area contributed by atoms with Crippen LogP contribution in [-0.4, -0.2) is 18.3 Å². The van der Waals surface area contributed by atoms with Crippen LogP contribution >= 0.6 is 0 Å². The molecule has 2 aromatic rings. The lowest BCUT2D eigenvalue weighted by Gasteiger charge is -2.16. The predicted octanol–water partition coefficient (Wildman–Crippen LogP) is 2.70. The number of Topliss-reactive ketones (excluding diaryl/α,β-unsaturated/α-hetero) is 1. The molecule has 0 saturated carbocycles. The van der Waals surface area contributed by atoms with Gasteiger partial charge in [0.1, 0.15) is 0 Å². The molecule has 0 unspecified atom stereocenters. The van der Waals surface area contributed by atoms with Crippen molar-refractivity contribution < 1.29 is 14.3 Å². The van der Waals surface area contributed by atoms with E-state index in [0.29, 0.717) is 34.1 Å². The molecule has 2 heterocycles. The topological polar surface area (TPSA) is 73.9 Å². The summed E-state index contributed by atoms with van der Waals surface area (Å²) in [5.74, 6) is 1.23. The van der Waals surface area contributed by atoms with Crippen molar-refractivity contribution in [3.05, 3.63) is 47.5 Å². The second-order valence-corrected chi connectivity index (χ2v) is 4.97. The fraction of sp³-hybridized carbons (Fsp3) is 0.125. The largest absolute Gasteiger partial charge is 0.454 e. The number of fused-ring (bicyclic) bond motifs is 2. The van der Waals surface area contributed by atoms with Gasteiger partial charge in [0.25, 0.3) is 0 Å². The number of hydrogen-bond acceptors (Lipinski definition) is 5. The van der Waals surface area contributed by atoms with E-state index in [1.807, 2.05) is 18.2 Å². The van der Waals surface area contributed by atoms with Gasteiger partial charge in [-0.1, -0.05) is 18.2 Å². The van der Waals surface area contributed by atoms with Crippen molar-refractivity contribution in [2.24, 2.45) is 4.99 Å². The zero-order valence-electron chi connectivity index (χ0n) is 11.1. The molecule has 2 N–H and O–H groups in total. The van der Waals surface area contributed by atoms with Gasteiger partial charge in [0.05, 0.1) is 17.8 Å². The molecule has 0 bridgehead atoms. The number of rotatable bonds is 1. The van der Waals surface area contributed by atoms with Crippen LogP contribution in [0.4, 0.5) is 11.4 Å². The van der Waals surface area contributed by atoms with E-state index < -0.39 is 0 Å². The number of carbonyl (C=O) groups excluding carboxylic acids is 1. The summed E-state index contributed by atoms with van der Waals surface area (Å²) >= 11 is 0. The SMILES string of the molecule is Nc1ccccc1C1=Nc2cc3c(cc2C(=O)C1)OCO3. The monoisotopic (exact) mass is 280 g/mol. The Balaban J connectivity index is 1.87. The molecule has 104 valence electrons. The molecule has 4 rings (SSSR count). The first-order valence-electron chi connectivity index (χ1n) is 6.61. The summed E-state index contributed by atoms with van der Waals surface area (Å²) < 4.78 is 10.6. The van der Waals surface area contributed by atoms with Crippen molar-refractivity contribution in [2.45, 2.75) is 6.42 Å². The minimum absolute atomic E-state index is 0.0107.